The van der Waals surface area contributed by atoms with Crippen molar-refractivity contribution >= 4 is 10.9 Å². The Morgan fingerprint density at radius 3 is 3.07 bits per heavy atom. The quantitative estimate of drug-likeness (QED) is 0.655. The molecule has 0 radical (unpaired) electrons. The third-order valence-corrected chi connectivity index (χ3v) is 2.35. The van der Waals surface area contributed by atoms with Crippen LogP contribution in [0.15, 0.2) is 24.5 Å². The van der Waals surface area contributed by atoms with Crippen molar-refractivity contribution in [1.29, 1.82) is 0 Å². The summed E-state index contributed by atoms with van der Waals surface area (Å²) in [5, 5.41) is 10.1. The number of aromatic amines is 1. The average molecular weight is 191 g/mol. The number of pyridine rings is 1. The van der Waals surface area contributed by atoms with E-state index in [1.54, 1.807) is 13.1 Å². The Labute approximate surface area is 81.8 Å². The molecule has 0 spiro atoms. The molecule has 0 fully saturated rings. The molecule has 0 bridgehead atoms. The molecule has 0 saturated carbocycles. The van der Waals surface area contributed by atoms with Crippen LogP contribution in [-0.4, -0.2) is 21.7 Å². The van der Waals surface area contributed by atoms with Gasteiger partial charge in [0.2, 0.25) is 0 Å². The van der Waals surface area contributed by atoms with Gasteiger partial charge in [0.05, 0.1) is 17.8 Å². The van der Waals surface area contributed by atoms with E-state index in [1.807, 2.05) is 18.3 Å². The Morgan fingerprint density at radius 1 is 1.57 bits per heavy atom. The number of nitrogens with two attached hydrogens (primary N) is 1. The topological polar surface area (TPSA) is 74.9 Å². The van der Waals surface area contributed by atoms with Crippen molar-refractivity contribution < 1.29 is 5.11 Å². The molecule has 0 unspecified atom stereocenters. The lowest BCUT2D eigenvalue weighted by Crippen LogP contribution is -2.38. The second-order valence-corrected chi connectivity index (χ2v) is 3.67. The fourth-order valence-electron chi connectivity index (χ4n) is 1.51. The van der Waals surface area contributed by atoms with Gasteiger partial charge in [-0.05, 0) is 19.1 Å². The number of nitrogens with zero attached hydrogens (tertiary/aromatic N) is 1. The number of H-pyrrole nitrogens is 1. The Morgan fingerprint density at radius 2 is 2.36 bits per heavy atom. The fraction of sp³-hybridized carbons (Fsp3) is 0.300. The first kappa shape index (κ1) is 9.18. The van der Waals surface area contributed by atoms with Crippen molar-refractivity contribution in [1.82, 2.24) is 9.97 Å². The largest absolute Gasteiger partial charge is 0.394 e. The summed E-state index contributed by atoms with van der Waals surface area (Å²) in [7, 11) is 0. The van der Waals surface area contributed by atoms with Crippen molar-refractivity contribution in [2.45, 2.75) is 12.5 Å². The Hall–Kier alpha value is -1.39. The van der Waals surface area contributed by atoms with E-state index in [1.165, 1.54) is 0 Å². The minimum atomic E-state index is -0.790. The standard InChI is InChI=1S/C10H13N3O/c1-10(11,6-14)9-7-2-4-12-8(7)3-5-13-9/h2-5,12,14H,6,11H2,1H3/t10-/m0/s1. The molecule has 2 aromatic rings. The summed E-state index contributed by atoms with van der Waals surface area (Å²) in [6.45, 7) is 1.64. The number of hydrogen-bond donors (Lipinski definition) is 3. The summed E-state index contributed by atoms with van der Waals surface area (Å²) in [5.74, 6) is 0. The first-order chi connectivity index (χ1) is 6.65. The highest BCUT2D eigenvalue weighted by Crippen LogP contribution is 2.23. The van der Waals surface area contributed by atoms with Crippen LogP contribution < -0.4 is 5.73 Å². The van der Waals surface area contributed by atoms with E-state index in [2.05, 4.69) is 9.97 Å². The van der Waals surface area contributed by atoms with E-state index in [9.17, 15) is 0 Å². The van der Waals surface area contributed by atoms with Gasteiger partial charge in [0.25, 0.3) is 0 Å². The molecule has 2 rings (SSSR count). The van der Waals surface area contributed by atoms with E-state index in [0.717, 1.165) is 16.6 Å². The van der Waals surface area contributed by atoms with Gasteiger partial charge in [-0.15, -0.1) is 0 Å². The van der Waals surface area contributed by atoms with Gasteiger partial charge in [0, 0.05) is 23.3 Å². The number of rotatable bonds is 2. The molecule has 4 nitrogen and oxygen atoms in total. The lowest BCUT2D eigenvalue weighted by molar-refractivity contribution is 0.208. The minimum Gasteiger partial charge on any atom is -0.394 e. The fourth-order valence-corrected chi connectivity index (χ4v) is 1.51. The zero-order chi connectivity index (χ0) is 10.2. The third kappa shape index (κ3) is 1.29. The predicted octanol–water partition coefficient (Wildman–Crippen LogP) is 0.729. The van der Waals surface area contributed by atoms with Crippen molar-refractivity contribution in [3.05, 3.63) is 30.2 Å². The van der Waals surface area contributed by atoms with Gasteiger partial charge in [-0.2, -0.15) is 0 Å². The Kier molecular flexibility index (Phi) is 2.02. The van der Waals surface area contributed by atoms with Crippen LogP contribution in [0.2, 0.25) is 0 Å². The monoisotopic (exact) mass is 191 g/mol. The van der Waals surface area contributed by atoms with Gasteiger partial charge < -0.3 is 15.8 Å². The molecule has 0 aromatic carbocycles. The molecular formula is C10H13N3O. The zero-order valence-electron chi connectivity index (χ0n) is 7.99. The van der Waals surface area contributed by atoms with Crippen LogP contribution in [-0.2, 0) is 5.54 Å². The Balaban J connectivity index is 2.67. The van der Waals surface area contributed by atoms with E-state index >= 15 is 0 Å². The molecule has 2 aromatic heterocycles. The maximum Gasteiger partial charge on any atom is 0.0796 e. The number of nitrogens with one attached hydrogen (secondary N) is 1. The molecule has 4 N–H and O–H groups in total. The van der Waals surface area contributed by atoms with Crippen molar-refractivity contribution in [3.8, 4) is 0 Å². The highest BCUT2D eigenvalue weighted by atomic mass is 16.3. The van der Waals surface area contributed by atoms with Crippen LogP contribution >= 0.6 is 0 Å². The van der Waals surface area contributed by atoms with Crippen LogP contribution in [0.4, 0.5) is 0 Å². The number of hydrogen-bond acceptors (Lipinski definition) is 3. The van der Waals surface area contributed by atoms with Gasteiger partial charge in [-0.25, -0.2) is 0 Å². The van der Waals surface area contributed by atoms with E-state index in [0.29, 0.717) is 0 Å². The van der Waals surface area contributed by atoms with Crippen LogP contribution in [0.1, 0.15) is 12.6 Å². The van der Waals surface area contributed by atoms with Crippen LogP contribution in [0.5, 0.6) is 0 Å². The maximum atomic E-state index is 9.17. The highest BCUT2D eigenvalue weighted by Gasteiger charge is 2.24. The number of aliphatic hydroxyl groups is 1. The van der Waals surface area contributed by atoms with Crippen molar-refractivity contribution in [2.75, 3.05) is 6.61 Å². The molecule has 1 atom stereocenters. The summed E-state index contributed by atoms with van der Waals surface area (Å²) in [6.07, 6.45) is 3.53. The van der Waals surface area contributed by atoms with E-state index in [4.69, 9.17) is 10.8 Å². The second kappa shape index (κ2) is 3.08. The molecule has 0 aliphatic rings. The number of aliphatic hydroxyl groups excluding tert-OH is 1. The first-order valence-corrected chi connectivity index (χ1v) is 4.47. The predicted molar refractivity (Wildman–Crippen MR) is 54.7 cm³/mol. The smallest absolute Gasteiger partial charge is 0.0796 e. The normalized spacial score (nSPS) is 15.6. The van der Waals surface area contributed by atoms with E-state index < -0.39 is 5.54 Å². The Bertz CT molecular complexity index is 447. The lowest BCUT2D eigenvalue weighted by Gasteiger charge is -2.21. The summed E-state index contributed by atoms with van der Waals surface area (Å²) >= 11 is 0. The van der Waals surface area contributed by atoms with Gasteiger partial charge in [0.1, 0.15) is 0 Å². The molecule has 2 heterocycles. The average Bonchev–Trinajstić information content (AvgIpc) is 2.64. The second-order valence-electron chi connectivity index (χ2n) is 3.67. The molecule has 0 aliphatic carbocycles. The molecule has 74 valence electrons. The molecule has 0 amide bonds. The first-order valence-electron chi connectivity index (χ1n) is 4.47. The molecule has 0 aliphatic heterocycles. The highest BCUT2D eigenvalue weighted by molar-refractivity contribution is 5.82. The van der Waals surface area contributed by atoms with E-state index in [-0.39, 0.29) is 6.61 Å². The van der Waals surface area contributed by atoms with Crippen molar-refractivity contribution in [3.63, 3.8) is 0 Å². The number of fused-ring (bicyclic) bond motifs is 1. The minimum absolute atomic E-state index is 0.121. The van der Waals surface area contributed by atoms with Crippen LogP contribution in [0.3, 0.4) is 0 Å². The number of aromatic nitrogens is 2. The van der Waals surface area contributed by atoms with Gasteiger partial charge in [0.15, 0.2) is 0 Å². The summed E-state index contributed by atoms with van der Waals surface area (Å²) in [4.78, 5) is 7.30. The zero-order valence-corrected chi connectivity index (χ0v) is 7.99. The van der Waals surface area contributed by atoms with Gasteiger partial charge in [-0.3, -0.25) is 4.98 Å². The maximum absolute atomic E-state index is 9.17. The lowest BCUT2D eigenvalue weighted by atomic mass is 9.97. The summed E-state index contributed by atoms with van der Waals surface area (Å²) in [5.41, 5.74) is 6.85. The SMILES string of the molecule is C[C@](N)(CO)c1nccc2[nH]ccc12. The third-order valence-electron chi connectivity index (χ3n) is 2.35. The molecule has 0 saturated heterocycles. The van der Waals surface area contributed by atoms with Crippen LogP contribution in [0, 0.1) is 0 Å². The molecule has 14 heavy (non-hydrogen) atoms. The molecule has 4 heteroatoms. The summed E-state index contributed by atoms with van der Waals surface area (Å²) in [6, 6.07) is 3.80. The van der Waals surface area contributed by atoms with Gasteiger partial charge in [-0.1, -0.05) is 0 Å². The summed E-state index contributed by atoms with van der Waals surface area (Å²) < 4.78 is 0. The van der Waals surface area contributed by atoms with Crippen LogP contribution in [0.25, 0.3) is 10.9 Å². The molecular weight excluding hydrogens is 178 g/mol. The van der Waals surface area contributed by atoms with Gasteiger partial charge >= 0.3 is 0 Å². The van der Waals surface area contributed by atoms with Crippen molar-refractivity contribution in [2.24, 2.45) is 5.73 Å².